The molecule has 0 aliphatic carbocycles. The van der Waals surface area contributed by atoms with Crippen LogP contribution in [0.1, 0.15) is 10.4 Å². The van der Waals surface area contributed by atoms with Gasteiger partial charge in [-0.15, -0.1) is 11.3 Å². The predicted molar refractivity (Wildman–Crippen MR) is 71.1 cm³/mol. The number of thiophene rings is 1. The number of carboxylic acids is 1. The fourth-order valence-electron chi connectivity index (χ4n) is 1.38. The van der Waals surface area contributed by atoms with E-state index < -0.39 is 16.0 Å². The van der Waals surface area contributed by atoms with E-state index in [4.69, 9.17) is 5.11 Å². The molecule has 8 heteroatoms. The van der Waals surface area contributed by atoms with Gasteiger partial charge < -0.3 is 5.11 Å². The Hall–Kier alpha value is -1.93. The molecule has 0 aliphatic rings. The minimum atomic E-state index is -3.76. The first kappa shape index (κ1) is 13.5. The van der Waals surface area contributed by atoms with Gasteiger partial charge in [-0.25, -0.2) is 13.2 Å². The number of rotatable bonds is 4. The van der Waals surface area contributed by atoms with E-state index in [1.54, 1.807) is 12.1 Å². The summed E-state index contributed by atoms with van der Waals surface area (Å²) in [5.41, 5.74) is 0.371. The van der Waals surface area contributed by atoms with Gasteiger partial charge in [0.2, 0.25) is 0 Å². The molecule has 2 heterocycles. The molecule has 0 amide bonds. The van der Waals surface area contributed by atoms with Gasteiger partial charge in [0.25, 0.3) is 10.0 Å². The normalized spacial score (nSPS) is 11.2. The van der Waals surface area contributed by atoms with Crippen molar-refractivity contribution in [2.75, 3.05) is 11.4 Å². The monoisotopic (exact) mass is 298 g/mol. The average molecular weight is 298 g/mol. The number of carboxylic acid groups (broad SMARTS) is 1. The highest BCUT2D eigenvalue weighted by molar-refractivity contribution is 7.94. The Morgan fingerprint density at radius 2 is 2.21 bits per heavy atom. The first-order chi connectivity index (χ1) is 8.93. The second-order valence-corrected chi connectivity index (χ2v) is 6.75. The number of sulfonamides is 1. The van der Waals surface area contributed by atoms with E-state index in [1.165, 1.54) is 24.8 Å². The van der Waals surface area contributed by atoms with Crippen LogP contribution in [0.15, 0.2) is 40.2 Å². The molecule has 0 radical (unpaired) electrons. The van der Waals surface area contributed by atoms with E-state index in [1.807, 2.05) is 0 Å². The minimum Gasteiger partial charge on any atom is -0.478 e. The molecule has 0 fully saturated rings. The number of anilines is 1. The zero-order chi connectivity index (χ0) is 14.0. The molecule has 0 unspecified atom stereocenters. The van der Waals surface area contributed by atoms with E-state index in [0.717, 1.165) is 21.7 Å². The molecule has 0 saturated heterocycles. The number of aromatic nitrogens is 1. The second-order valence-electron chi connectivity index (χ2n) is 3.64. The zero-order valence-corrected chi connectivity index (χ0v) is 11.5. The number of hydrogen-bond acceptors (Lipinski definition) is 5. The molecular formula is C11H10N2O4S2. The topological polar surface area (TPSA) is 87.6 Å². The predicted octanol–water partition coefficient (Wildman–Crippen LogP) is 1.67. The average Bonchev–Trinajstić information content (AvgIpc) is 2.89. The van der Waals surface area contributed by atoms with Crippen molar-refractivity contribution in [3.05, 3.63) is 41.5 Å². The molecular weight excluding hydrogens is 288 g/mol. The molecule has 100 valence electrons. The number of nitrogens with zero attached hydrogens (tertiary/aromatic N) is 2. The van der Waals surface area contributed by atoms with Gasteiger partial charge in [0.15, 0.2) is 0 Å². The van der Waals surface area contributed by atoms with Crippen LogP contribution in [0.4, 0.5) is 5.69 Å². The fraction of sp³-hybridized carbons (Fsp3) is 0.0909. The van der Waals surface area contributed by atoms with Crippen molar-refractivity contribution >= 4 is 33.0 Å². The van der Waals surface area contributed by atoms with E-state index in [9.17, 15) is 13.2 Å². The summed E-state index contributed by atoms with van der Waals surface area (Å²) in [6.45, 7) is 0. The first-order valence-electron chi connectivity index (χ1n) is 5.13. The minimum absolute atomic E-state index is 0.0174. The van der Waals surface area contributed by atoms with Gasteiger partial charge in [0, 0.05) is 18.6 Å². The van der Waals surface area contributed by atoms with Crippen molar-refractivity contribution in [2.24, 2.45) is 0 Å². The Bertz CT molecular complexity index is 694. The fourth-order valence-corrected chi connectivity index (χ4v) is 3.88. The third kappa shape index (κ3) is 2.59. The maximum atomic E-state index is 12.3. The van der Waals surface area contributed by atoms with Crippen LogP contribution in [0.5, 0.6) is 0 Å². The molecule has 2 aromatic heterocycles. The summed E-state index contributed by atoms with van der Waals surface area (Å²) >= 11 is 0.877. The van der Waals surface area contributed by atoms with Crippen LogP contribution in [0.2, 0.25) is 0 Å². The Balaban J connectivity index is 2.39. The molecule has 0 bridgehead atoms. The van der Waals surface area contributed by atoms with Crippen LogP contribution in [0, 0.1) is 0 Å². The van der Waals surface area contributed by atoms with Crippen LogP contribution < -0.4 is 4.31 Å². The highest BCUT2D eigenvalue weighted by atomic mass is 32.2. The highest BCUT2D eigenvalue weighted by Gasteiger charge is 2.24. The Morgan fingerprint density at radius 1 is 1.47 bits per heavy atom. The van der Waals surface area contributed by atoms with Crippen molar-refractivity contribution in [1.82, 2.24) is 4.98 Å². The zero-order valence-electron chi connectivity index (χ0n) is 9.85. The van der Waals surface area contributed by atoms with Crippen LogP contribution in [0.3, 0.4) is 0 Å². The SMILES string of the molecule is CN(c1cccnc1)S(=O)(=O)c1cc(C(=O)O)cs1. The summed E-state index contributed by atoms with van der Waals surface area (Å²) in [4.78, 5) is 14.6. The molecule has 2 rings (SSSR count). The van der Waals surface area contributed by atoms with Gasteiger partial charge >= 0.3 is 5.97 Å². The second kappa shape index (κ2) is 4.98. The van der Waals surface area contributed by atoms with Gasteiger partial charge in [-0.05, 0) is 18.2 Å². The summed E-state index contributed by atoms with van der Waals surface area (Å²) in [5.74, 6) is -1.15. The molecule has 2 aromatic rings. The maximum Gasteiger partial charge on any atom is 0.336 e. The van der Waals surface area contributed by atoms with Gasteiger partial charge in [-0.3, -0.25) is 9.29 Å². The summed E-state index contributed by atoms with van der Waals surface area (Å²) < 4.78 is 25.6. The van der Waals surface area contributed by atoms with Crippen molar-refractivity contribution in [1.29, 1.82) is 0 Å². The standard InChI is InChI=1S/C11H10N2O4S2/c1-13(9-3-2-4-12-6-9)19(16,17)10-5-8(7-18-10)11(14)15/h2-7H,1H3,(H,14,15). The number of aromatic carboxylic acids is 1. The lowest BCUT2D eigenvalue weighted by Crippen LogP contribution is -2.25. The maximum absolute atomic E-state index is 12.3. The number of hydrogen-bond donors (Lipinski definition) is 1. The Kier molecular flexibility index (Phi) is 3.54. The van der Waals surface area contributed by atoms with Gasteiger partial charge in [-0.1, -0.05) is 0 Å². The van der Waals surface area contributed by atoms with Crippen molar-refractivity contribution in [3.63, 3.8) is 0 Å². The van der Waals surface area contributed by atoms with Crippen molar-refractivity contribution in [3.8, 4) is 0 Å². The van der Waals surface area contributed by atoms with Crippen LogP contribution >= 0.6 is 11.3 Å². The van der Waals surface area contributed by atoms with Gasteiger partial charge in [-0.2, -0.15) is 0 Å². The smallest absolute Gasteiger partial charge is 0.336 e. The Labute approximate surface area is 114 Å². The summed E-state index contributed by atoms with van der Waals surface area (Å²) in [7, 11) is -2.36. The Morgan fingerprint density at radius 3 is 2.74 bits per heavy atom. The molecule has 0 aliphatic heterocycles. The third-order valence-electron chi connectivity index (χ3n) is 2.45. The molecule has 0 spiro atoms. The summed E-state index contributed by atoms with van der Waals surface area (Å²) in [6, 6.07) is 4.38. The third-order valence-corrected chi connectivity index (χ3v) is 5.65. The lowest BCUT2D eigenvalue weighted by molar-refractivity contribution is 0.0697. The largest absolute Gasteiger partial charge is 0.478 e. The van der Waals surface area contributed by atoms with Crippen LogP contribution in [-0.4, -0.2) is 31.5 Å². The van der Waals surface area contributed by atoms with Crippen molar-refractivity contribution < 1.29 is 18.3 Å². The van der Waals surface area contributed by atoms with E-state index >= 15 is 0 Å². The molecule has 0 atom stereocenters. The molecule has 6 nitrogen and oxygen atoms in total. The lowest BCUT2D eigenvalue weighted by atomic mass is 10.4. The van der Waals surface area contributed by atoms with E-state index in [-0.39, 0.29) is 9.77 Å². The lowest BCUT2D eigenvalue weighted by Gasteiger charge is -2.17. The molecule has 1 N–H and O–H groups in total. The number of pyridine rings is 1. The molecule has 19 heavy (non-hydrogen) atoms. The summed E-state index contributed by atoms with van der Waals surface area (Å²) in [6.07, 6.45) is 2.96. The van der Waals surface area contributed by atoms with E-state index in [2.05, 4.69) is 4.98 Å². The molecule has 0 aromatic carbocycles. The van der Waals surface area contributed by atoms with E-state index in [0.29, 0.717) is 5.69 Å². The van der Waals surface area contributed by atoms with Crippen LogP contribution in [-0.2, 0) is 10.0 Å². The number of carbonyl (C=O) groups is 1. The highest BCUT2D eigenvalue weighted by Crippen LogP contribution is 2.26. The molecule has 0 saturated carbocycles. The van der Waals surface area contributed by atoms with Gasteiger partial charge in [0.1, 0.15) is 4.21 Å². The van der Waals surface area contributed by atoms with Crippen molar-refractivity contribution in [2.45, 2.75) is 4.21 Å². The van der Waals surface area contributed by atoms with Crippen LogP contribution in [0.25, 0.3) is 0 Å². The summed E-state index contributed by atoms with van der Waals surface area (Å²) in [5, 5.41) is 10.1. The quantitative estimate of drug-likeness (QED) is 0.927. The van der Waals surface area contributed by atoms with Gasteiger partial charge in [0.05, 0.1) is 17.4 Å². The first-order valence-corrected chi connectivity index (χ1v) is 7.45.